The number of hydrogen-bond acceptors (Lipinski definition) is 6. The van der Waals surface area contributed by atoms with E-state index < -0.39 is 0 Å². The summed E-state index contributed by atoms with van der Waals surface area (Å²) in [5, 5.41) is 0. The van der Waals surface area contributed by atoms with E-state index in [1.165, 1.54) is 0 Å². The Bertz CT molecular complexity index is 1190. The van der Waals surface area contributed by atoms with Crippen molar-refractivity contribution in [2.24, 2.45) is 0 Å². The van der Waals surface area contributed by atoms with Gasteiger partial charge in [0, 0.05) is 50.1 Å². The van der Waals surface area contributed by atoms with Gasteiger partial charge in [0.25, 0.3) is 0 Å². The first-order chi connectivity index (χ1) is 14.9. The third-order valence-electron chi connectivity index (χ3n) is 5.01. The highest BCUT2D eigenvalue weighted by atomic mass is 16.3. The van der Waals surface area contributed by atoms with Crippen LogP contribution in [0.3, 0.4) is 0 Å². The second-order valence-corrected chi connectivity index (χ2v) is 8.16. The number of oxazole rings is 1. The number of rotatable bonds is 7. The normalized spacial score (nSPS) is 11.3. The van der Waals surface area contributed by atoms with E-state index >= 15 is 0 Å². The lowest BCUT2D eigenvalue weighted by molar-refractivity contribution is 0.0993. The van der Waals surface area contributed by atoms with Crippen LogP contribution in [0.2, 0.25) is 0 Å². The Morgan fingerprint density at radius 3 is 2.52 bits per heavy atom. The van der Waals surface area contributed by atoms with Crippen molar-refractivity contribution in [1.82, 2.24) is 14.9 Å². The van der Waals surface area contributed by atoms with Crippen LogP contribution >= 0.6 is 0 Å². The fraction of sp³-hybridized carbons (Fsp3) is 0.240. The van der Waals surface area contributed by atoms with Crippen molar-refractivity contribution in [3.63, 3.8) is 0 Å². The number of anilines is 1. The number of Topliss-reactive ketones (excluding diaryl/α,β-unsaturated/α-hetero) is 1. The standard InChI is InChI=1S/C25H26N4O2/c1-28(2)16-18-11-17(14-22(30)19-7-5-8-21(15-19)29(3)4)12-20(13-18)25-27-24-23(31-25)9-6-10-26-24/h5-13,15H,14,16H2,1-4H3. The average Bonchev–Trinajstić information content (AvgIpc) is 3.17. The van der Waals surface area contributed by atoms with Gasteiger partial charge in [0.05, 0.1) is 0 Å². The van der Waals surface area contributed by atoms with Crippen molar-refractivity contribution < 1.29 is 9.21 Å². The van der Waals surface area contributed by atoms with E-state index in [1.807, 2.05) is 75.6 Å². The van der Waals surface area contributed by atoms with Gasteiger partial charge in [-0.15, -0.1) is 0 Å². The molecule has 31 heavy (non-hydrogen) atoms. The summed E-state index contributed by atoms with van der Waals surface area (Å²) in [4.78, 5) is 25.9. The molecule has 0 spiro atoms. The molecular weight excluding hydrogens is 388 g/mol. The number of aromatic nitrogens is 2. The van der Waals surface area contributed by atoms with Crippen LogP contribution in [-0.4, -0.2) is 48.8 Å². The average molecular weight is 415 g/mol. The minimum Gasteiger partial charge on any atom is -0.434 e. The van der Waals surface area contributed by atoms with Crippen LogP contribution in [0.1, 0.15) is 21.5 Å². The molecule has 6 nitrogen and oxygen atoms in total. The fourth-order valence-corrected chi connectivity index (χ4v) is 3.58. The summed E-state index contributed by atoms with van der Waals surface area (Å²) in [6, 6.07) is 17.5. The molecule has 4 rings (SSSR count). The van der Waals surface area contributed by atoms with Gasteiger partial charge in [-0.25, -0.2) is 4.98 Å². The van der Waals surface area contributed by atoms with Crippen molar-refractivity contribution in [2.45, 2.75) is 13.0 Å². The predicted octanol–water partition coefficient (Wildman–Crippen LogP) is 4.44. The molecule has 0 aliphatic heterocycles. The highest BCUT2D eigenvalue weighted by Crippen LogP contribution is 2.26. The summed E-state index contributed by atoms with van der Waals surface area (Å²) in [5.74, 6) is 0.591. The van der Waals surface area contributed by atoms with Gasteiger partial charge in [-0.1, -0.05) is 18.2 Å². The molecule has 0 bridgehead atoms. The zero-order valence-electron chi connectivity index (χ0n) is 18.3. The van der Waals surface area contributed by atoms with Gasteiger partial charge in [0.2, 0.25) is 5.89 Å². The molecule has 0 fully saturated rings. The smallest absolute Gasteiger partial charge is 0.228 e. The molecule has 2 aromatic carbocycles. The second kappa shape index (κ2) is 8.70. The molecule has 0 aliphatic carbocycles. The molecule has 158 valence electrons. The van der Waals surface area contributed by atoms with E-state index in [1.54, 1.807) is 6.20 Å². The van der Waals surface area contributed by atoms with Crippen LogP contribution in [0.15, 0.2) is 65.2 Å². The summed E-state index contributed by atoms with van der Waals surface area (Å²) < 4.78 is 5.92. The summed E-state index contributed by atoms with van der Waals surface area (Å²) in [6.07, 6.45) is 2.01. The number of ketones is 1. The number of hydrogen-bond donors (Lipinski definition) is 0. The van der Waals surface area contributed by atoms with Crippen molar-refractivity contribution in [3.8, 4) is 11.5 Å². The van der Waals surface area contributed by atoms with E-state index in [2.05, 4.69) is 27.0 Å². The number of nitrogens with zero attached hydrogens (tertiary/aromatic N) is 4. The maximum absolute atomic E-state index is 13.0. The summed E-state index contributed by atoms with van der Waals surface area (Å²) >= 11 is 0. The highest BCUT2D eigenvalue weighted by molar-refractivity contribution is 5.98. The summed E-state index contributed by atoms with van der Waals surface area (Å²) in [7, 11) is 7.98. The Kier molecular flexibility index (Phi) is 5.82. The van der Waals surface area contributed by atoms with E-state index in [-0.39, 0.29) is 5.78 Å². The number of benzene rings is 2. The Morgan fingerprint density at radius 1 is 0.968 bits per heavy atom. The molecule has 0 saturated heterocycles. The molecule has 0 saturated carbocycles. The lowest BCUT2D eigenvalue weighted by atomic mass is 9.98. The molecule has 0 unspecified atom stereocenters. The molecule has 0 amide bonds. The zero-order valence-corrected chi connectivity index (χ0v) is 18.3. The molecular formula is C25H26N4O2. The molecule has 2 aromatic heterocycles. The van der Waals surface area contributed by atoms with Crippen LogP contribution in [0, 0.1) is 0 Å². The highest BCUT2D eigenvalue weighted by Gasteiger charge is 2.14. The predicted molar refractivity (Wildman–Crippen MR) is 123 cm³/mol. The Labute approximate surface area is 182 Å². The van der Waals surface area contributed by atoms with Gasteiger partial charge in [-0.2, -0.15) is 4.98 Å². The largest absolute Gasteiger partial charge is 0.434 e. The Balaban J connectivity index is 1.69. The maximum atomic E-state index is 13.0. The first-order valence-corrected chi connectivity index (χ1v) is 10.2. The van der Waals surface area contributed by atoms with Gasteiger partial charge < -0.3 is 14.2 Å². The number of fused-ring (bicyclic) bond motifs is 1. The molecule has 0 aliphatic rings. The zero-order chi connectivity index (χ0) is 22.0. The lowest BCUT2D eigenvalue weighted by Crippen LogP contribution is -2.12. The fourth-order valence-electron chi connectivity index (χ4n) is 3.58. The minimum atomic E-state index is 0.0795. The molecule has 0 atom stereocenters. The van der Waals surface area contributed by atoms with Crippen LogP contribution < -0.4 is 4.90 Å². The van der Waals surface area contributed by atoms with Crippen LogP contribution in [0.5, 0.6) is 0 Å². The first kappa shape index (κ1) is 20.8. The van der Waals surface area contributed by atoms with Crippen LogP contribution in [0.25, 0.3) is 22.7 Å². The molecule has 4 aromatic rings. The third-order valence-corrected chi connectivity index (χ3v) is 5.01. The lowest BCUT2D eigenvalue weighted by Gasteiger charge is -2.14. The van der Waals surface area contributed by atoms with Crippen LogP contribution in [-0.2, 0) is 13.0 Å². The van der Waals surface area contributed by atoms with Crippen molar-refractivity contribution in [2.75, 3.05) is 33.1 Å². The van der Waals surface area contributed by atoms with Gasteiger partial charge in [-0.3, -0.25) is 4.79 Å². The van der Waals surface area contributed by atoms with Gasteiger partial charge >= 0.3 is 0 Å². The monoisotopic (exact) mass is 414 g/mol. The van der Waals surface area contributed by atoms with Gasteiger partial charge in [-0.05, 0) is 61.6 Å². The number of carbonyl (C=O) groups is 1. The maximum Gasteiger partial charge on any atom is 0.228 e. The molecule has 6 heteroatoms. The molecule has 0 radical (unpaired) electrons. The van der Waals surface area contributed by atoms with Crippen LogP contribution in [0.4, 0.5) is 5.69 Å². The number of carbonyl (C=O) groups excluding carboxylic acids is 1. The second-order valence-electron chi connectivity index (χ2n) is 8.16. The minimum absolute atomic E-state index is 0.0795. The van der Waals surface area contributed by atoms with E-state index in [9.17, 15) is 4.79 Å². The van der Waals surface area contributed by atoms with E-state index in [4.69, 9.17) is 4.42 Å². The summed E-state index contributed by atoms with van der Waals surface area (Å²) in [6.45, 7) is 0.754. The topological polar surface area (TPSA) is 62.5 Å². The van der Waals surface area contributed by atoms with Crippen molar-refractivity contribution in [1.29, 1.82) is 0 Å². The Morgan fingerprint density at radius 2 is 1.77 bits per heavy atom. The van der Waals surface area contributed by atoms with Crippen molar-refractivity contribution >= 4 is 22.7 Å². The molecule has 2 heterocycles. The SMILES string of the molecule is CN(C)Cc1cc(CC(=O)c2cccc(N(C)C)c2)cc(-c2nc3ncccc3o2)c1. The van der Waals surface area contributed by atoms with E-state index in [0.717, 1.165) is 28.9 Å². The Hall–Kier alpha value is -3.51. The van der Waals surface area contributed by atoms with Gasteiger partial charge in [0.1, 0.15) is 0 Å². The van der Waals surface area contributed by atoms with Crippen molar-refractivity contribution in [3.05, 3.63) is 77.5 Å². The first-order valence-electron chi connectivity index (χ1n) is 10.2. The molecule has 0 N–H and O–H groups in total. The van der Waals surface area contributed by atoms with E-state index in [0.29, 0.717) is 29.1 Å². The van der Waals surface area contributed by atoms with Gasteiger partial charge in [0.15, 0.2) is 17.0 Å². The third kappa shape index (κ3) is 4.81. The number of pyridine rings is 1. The quantitative estimate of drug-likeness (QED) is 0.417. The summed E-state index contributed by atoms with van der Waals surface area (Å²) in [5.41, 5.74) is 5.82.